The highest BCUT2D eigenvalue weighted by Gasteiger charge is 2.23. The zero-order chi connectivity index (χ0) is 13.1. The van der Waals surface area contributed by atoms with Crippen molar-refractivity contribution in [3.63, 3.8) is 0 Å². The molecule has 0 aliphatic carbocycles. The summed E-state index contributed by atoms with van der Waals surface area (Å²) in [6.07, 6.45) is 4.19. The Morgan fingerprint density at radius 3 is 3.37 bits per heavy atom. The van der Waals surface area contributed by atoms with Crippen molar-refractivity contribution < 1.29 is 4.74 Å². The van der Waals surface area contributed by atoms with E-state index in [4.69, 9.17) is 4.74 Å². The number of fused-ring (bicyclic) bond motifs is 1. The summed E-state index contributed by atoms with van der Waals surface area (Å²) in [4.78, 5) is 8.21. The van der Waals surface area contributed by atoms with E-state index in [0.29, 0.717) is 6.04 Å². The van der Waals surface area contributed by atoms with Crippen LogP contribution in [0.25, 0.3) is 4.96 Å². The number of nitrogens with one attached hydrogen (secondary N) is 1. The van der Waals surface area contributed by atoms with E-state index in [1.54, 1.807) is 11.3 Å². The molecule has 3 rings (SSSR count). The van der Waals surface area contributed by atoms with Gasteiger partial charge in [0.05, 0.1) is 18.9 Å². The topological polar surface area (TPSA) is 41.8 Å². The molecular weight excluding hydrogens is 260 g/mol. The highest BCUT2D eigenvalue weighted by atomic mass is 32.1. The summed E-state index contributed by atoms with van der Waals surface area (Å²) in [5, 5.41) is 5.47. The van der Waals surface area contributed by atoms with Gasteiger partial charge in [0, 0.05) is 43.4 Å². The zero-order valence-corrected chi connectivity index (χ0v) is 12.0. The normalized spacial score (nSPS) is 21.2. The molecule has 0 radical (unpaired) electrons. The van der Waals surface area contributed by atoms with Gasteiger partial charge < -0.3 is 10.1 Å². The van der Waals surface area contributed by atoms with Crippen molar-refractivity contribution in [1.29, 1.82) is 0 Å². The minimum Gasteiger partial charge on any atom is -0.378 e. The first-order valence-electron chi connectivity index (χ1n) is 6.80. The van der Waals surface area contributed by atoms with Crippen LogP contribution in [0.1, 0.15) is 12.6 Å². The van der Waals surface area contributed by atoms with Crippen LogP contribution in [0.4, 0.5) is 0 Å². The van der Waals surface area contributed by atoms with E-state index in [1.807, 2.05) is 0 Å². The van der Waals surface area contributed by atoms with Gasteiger partial charge in [-0.1, -0.05) is 6.92 Å². The van der Waals surface area contributed by atoms with Crippen molar-refractivity contribution in [2.45, 2.75) is 19.5 Å². The molecule has 2 aromatic rings. The average molecular weight is 280 g/mol. The van der Waals surface area contributed by atoms with Gasteiger partial charge >= 0.3 is 0 Å². The highest BCUT2D eigenvalue weighted by molar-refractivity contribution is 7.15. The predicted octanol–water partition coefficient (Wildman–Crippen LogP) is 1.21. The molecule has 5 nitrogen and oxygen atoms in total. The van der Waals surface area contributed by atoms with Crippen LogP contribution in [0.15, 0.2) is 17.8 Å². The number of rotatable bonds is 5. The van der Waals surface area contributed by atoms with Crippen molar-refractivity contribution in [3.8, 4) is 0 Å². The molecule has 19 heavy (non-hydrogen) atoms. The number of hydrogen-bond donors (Lipinski definition) is 1. The van der Waals surface area contributed by atoms with Crippen LogP contribution in [0.2, 0.25) is 0 Å². The molecule has 3 heterocycles. The maximum Gasteiger partial charge on any atom is 0.193 e. The van der Waals surface area contributed by atoms with Crippen molar-refractivity contribution in [3.05, 3.63) is 23.5 Å². The van der Waals surface area contributed by atoms with Crippen LogP contribution in [0.3, 0.4) is 0 Å². The van der Waals surface area contributed by atoms with Crippen LogP contribution < -0.4 is 5.32 Å². The second kappa shape index (κ2) is 6.00. The Kier molecular flexibility index (Phi) is 4.12. The largest absolute Gasteiger partial charge is 0.378 e. The lowest BCUT2D eigenvalue weighted by Gasteiger charge is -2.35. The van der Waals surface area contributed by atoms with Crippen LogP contribution in [0, 0.1) is 0 Å². The van der Waals surface area contributed by atoms with Gasteiger partial charge in [0.15, 0.2) is 4.96 Å². The number of imidazole rings is 1. The molecule has 1 aliphatic heterocycles. The van der Waals surface area contributed by atoms with Gasteiger partial charge in [-0.2, -0.15) is 0 Å². The van der Waals surface area contributed by atoms with Gasteiger partial charge in [0.25, 0.3) is 0 Å². The van der Waals surface area contributed by atoms with Gasteiger partial charge in [-0.05, 0) is 6.54 Å². The van der Waals surface area contributed by atoms with Gasteiger partial charge in [0.2, 0.25) is 0 Å². The van der Waals surface area contributed by atoms with E-state index in [-0.39, 0.29) is 0 Å². The fourth-order valence-electron chi connectivity index (χ4n) is 2.46. The Labute approximate surface area is 117 Å². The fraction of sp³-hybridized carbons (Fsp3) is 0.615. The van der Waals surface area contributed by atoms with Crippen molar-refractivity contribution in [2.24, 2.45) is 0 Å². The van der Waals surface area contributed by atoms with E-state index in [2.05, 4.69) is 44.3 Å². The molecule has 0 saturated carbocycles. The summed E-state index contributed by atoms with van der Waals surface area (Å²) in [5.74, 6) is 0. The summed E-state index contributed by atoms with van der Waals surface area (Å²) in [6, 6.07) is 0.452. The van der Waals surface area contributed by atoms with Crippen LogP contribution in [-0.4, -0.2) is 53.2 Å². The van der Waals surface area contributed by atoms with Crippen molar-refractivity contribution in [2.75, 3.05) is 32.8 Å². The van der Waals surface area contributed by atoms with E-state index in [1.165, 1.54) is 0 Å². The Morgan fingerprint density at radius 1 is 1.58 bits per heavy atom. The molecule has 0 spiro atoms. The lowest BCUT2D eigenvalue weighted by molar-refractivity contribution is -0.0112. The number of hydrogen-bond acceptors (Lipinski definition) is 5. The molecule has 0 bridgehead atoms. The van der Waals surface area contributed by atoms with E-state index >= 15 is 0 Å². The summed E-state index contributed by atoms with van der Waals surface area (Å²) in [6.45, 7) is 7.66. The number of aromatic nitrogens is 2. The molecule has 0 aromatic carbocycles. The number of morpholine rings is 1. The third-order valence-electron chi connectivity index (χ3n) is 3.49. The summed E-state index contributed by atoms with van der Waals surface area (Å²) < 4.78 is 7.68. The molecule has 1 N–H and O–H groups in total. The molecule has 1 aliphatic rings. The maximum absolute atomic E-state index is 5.59. The average Bonchev–Trinajstić information content (AvgIpc) is 2.98. The molecule has 0 amide bonds. The van der Waals surface area contributed by atoms with Gasteiger partial charge in [0.1, 0.15) is 0 Å². The molecule has 1 fully saturated rings. The minimum atomic E-state index is 0.452. The van der Waals surface area contributed by atoms with E-state index in [9.17, 15) is 0 Å². The molecule has 1 atom stereocenters. The third kappa shape index (κ3) is 2.97. The fourth-order valence-corrected chi connectivity index (χ4v) is 3.18. The zero-order valence-electron chi connectivity index (χ0n) is 11.2. The Hall–Kier alpha value is -0.950. The second-order valence-electron chi connectivity index (χ2n) is 4.83. The Balaban J connectivity index is 1.67. The number of thiazole rings is 1. The van der Waals surface area contributed by atoms with Gasteiger partial charge in [-0.25, -0.2) is 4.98 Å². The summed E-state index contributed by atoms with van der Waals surface area (Å²) in [5.41, 5.74) is 1.15. The Bertz CT molecular complexity index is 495. The van der Waals surface area contributed by atoms with Gasteiger partial charge in [-0.15, -0.1) is 11.3 Å². The predicted molar refractivity (Wildman–Crippen MR) is 76.6 cm³/mol. The lowest BCUT2D eigenvalue weighted by Crippen LogP contribution is -2.49. The van der Waals surface area contributed by atoms with E-state index < -0.39 is 0 Å². The molecule has 1 saturated heterocycles. The van der Waals surface area contributed by atoms with Crippen LogP contribution >= 0.6 is 11.3 Å². The highest BCUT2D eigenvalue weighted by Crippen LogP contribution is 2.15. The molecular formula is C13H20N4OS. The molecule has 2 aromatic heterocycles. The first-order chi connectivity index (χ1) is 9.36. The minimum absolute atomic E-state index is 0.452. The third-order valence-corrected chi connectivity index (χ3v) is 4.26. The summed E-state index contributed by atoms with van der Waals surface area (Å²) in [7, 11) is 0. The lowest BCUT2D eigenvalue weighted by atomic mass is 10.2. The standard InChI is InChI=1S/C13H20N4OS/c1-2-14-7-12-10-18-5-3-16(12)8-11-9-17-4-6-19-13(17)15-11/h4,6,9,12,14H,2-3,5,7-8,10H2,1H3. The van der Waals surface area contributed by atoms with Crippen molar-refractivity contribution in [1.82, 2.24) is 19.6 Å². The first kappa shape index (κ1) is 13.1. The first-order valence-corrected chi connectivity index (χ1v) is 7.68. The Morgan fingerprint density at radius 2 is 2.53 bits per heavy atom. The second-order valence-corrected chi connectivity index (χ2v) is 5.70. The van der Waals surface area contributed by atoms with Crippen LogP contribution in [-0.2, 0) is 11.3 Å². The molecule has 104 valence electrons. The van der Waals surface area contributed by atoms with E-state index in [0.717, 1.165) is 50.0 Å². The SMILES string of the molecule is CCNCC1COCCN1Cc1cn2ccsc2n1. The monoisotopic (exact) mass is 280 g/mol. The number of ether oxygens (including phenoxy) is 1. The maximum atomic E-state index is 5.59. The molecule has 6 heteroatoms. The van der Waals surface area contributed by atoms with Gasteiger partial charge in [-0.3, -0.25) is 9.30 Å². The molecule has 1 unspecified atom stereocenters. The quantitative estimate of drug-likeness (QED) is 0.894. The summed E-state index contributed by atoms with van der Waals surface area (Å²) >= 11 is 1.68. The van der Waals surface area contributed by atoms with Crippen LogP contribution in [0.5, 0.6) is 0 Å². The number of likely N-dealkylation sites (N-methyl/N-ethyl adjacent to an activating group) is 1. The number of nitrogens with zero attached hydrogens (tertiary/aromatic N) is 3. The smallest absolute Gasteiger partial charge is 0.193 e. The van der Waals surface area contributed by atoms with Crippen molar-refractivity contribution >= 4 is 16.3 Å².